The fraction of sp³-hybridized carbons (Fsp3) is 0.615. The van der Waals surface area contributed by atoms with Crippen LogP contribution in [-0.4, -0.2) is 40.4 Å². The van der Waals surface area contributed by atoms with Gasteiger partial charge in [0.05, 0.1) is 17.8 Å². The molecule has 0 aliphatic heterocycles. The van der Waals surface area contributed by atoms with Gasteiger partial charge in [-0.1, -0.05) is 37.2 Å². The van der Waals surface area contributed by atoms with Crippen LogP contribution in [0.15, 0.2) is 11.4 Å². The topological polar surface area (TPSA) is 75.1 Å². The highest BCUT2D eigenvalue weighted by Gasteiger charge is 2.26. The molecule has 2 N–H and O–H groups in total. The van der Waals surface area contributed by atoms with Crippen molar-refractivity contribution < 1.29 is 9.90 Å². The summed E-state index contributed by atoms with van der Waals surface area (Å²) in [5.41, 5.74) is -0.123. The summed E-state index contributed by atoms with van der Waals surface area (Å²) in [4.78, 5) is 20.3. The first kappa shape index (κ1) is 17.2. The largest absolute Gasteiger partial charge is 0.396 e. The smallest absolute Gasteiger partial charge is 0.271 e. The van der Waals surface area contributed by atoms with Gasteiger partial charge in [-0.2, -0.15) is 0 Å². The Bertz CT molecular complexity index is 459. The molecule has 0 bridgehead atoms. The molecule has 0 atom stereocenters. The standard InChI is InChI=1S/C13H20ClN3O2S/c1-4-13(5-2,8-18)7-16-11(19)10-9(14)6-15-12(17-10)20-3/h6,18H,4-5,7-8H2,1-3H3,(H,16,19). The van der Waals surface area contributed by atoms with E-state index in [4.69, 9.17) is 11.6 Å². The summed E-state index contributed by atoms with van der Waals surface area (Å²) in [5, 5.41) is 13.0. The number of halogens is 1. The average molecular weight is 318 g/mol. The van der Waals surface area contributed by atoms with Crippen molar-refractivity contribution in [2.45, 2.75) is 31.8 Å². The number of thioether (sulfide) groups is 1. The summed E-state index contributed by atoms with van der Waals surface area (Å²) >= 11 is 7.30. The lowest BCUT2D eigenvalue weighted by atomic mass is 9.83. The molecule has 0 radical (unpaired) electrons. The maximum atomic E-state index is 12.2. The zero-order chi connectivity index (χ0) is 15.2. The van der Waals surface area contributed by atoms with Gasteiger partial charge in [-0.15, -0.1) is 0 Å². The number of aliphatic hydroxyl groups excluding tert-OH is 1. The number of hydrogen-bond donors (Lipinski definition) is 2. The molecule has 1 aromatic heterocycles. The predicted octanol–water partition coefficient (Wildman–Crippen LogP) is 2.38. The highest BCUT2D eigenvalue weighted by molar-refractivity contribution is 7.98. The molecular formula is C13H20ClN3O2S. The summed E-state index contributed by atoms with van der Waals surface area (Å²) in [6, 6.07) is 0. The van der Waals surface area contributed by atoms with Crippen molar-refractivity contribution in [1.82, 2.24) is 15.3 Å². The van der Waals surface area contributed by atoms with Crippen LogP contribution in [0.2, 0.25) is 5.02 Å². The van der Waals surface area contributed by atoms with Crippen molar-refractivity contribution in [3.05, 3.63) is 16.9 Å². The van der Waals surface area contributed by atoms with Crippen molar-refractivity contribution in [1.29, 1.82) is 0 Å². The van der Waals surface area contributed by atoms with E-state index in [-0.39, 0.29) is 28.6 Å². The van der Waals surface area contributed by atoms with Gasteiger partial charge in [0.25, 0.3) is 5.91 Å². The van der Waals surface area contributed by atoms with E-state index in [0.29, 0.717) is 11.7 Å². The molecule has 0 aromatic carbocycles. The van der Waals surface area contributed by atoms with E-state index in [9.17, 15) is 9.90 Å². The lowest BCUT2D eigenvalue weighted by Gasteiger charge is -2.29. The molecule has 0 fully saturated rings. The highest BCUT2D eigenvalue weighted by Crippen LogP contribution is 2.24. The maximum Gasteiger partial charge on any atom is 0.271 e. The Kier molecular flexibility index (Phi) is 6.71. The number of rotatable bonds is 7. The summed E-state index contributed by atoms with van der Waals surface area (Å²) in [5.74, 6) is -0.340. The molecule has 1 amide bonds. The monoisotopic (exact) mass is 317 g/mol. The second kappa shape index (κ2) is 7.81. The second-order valence-corrected chi connectivity index (χ2v) is 5.78. The van der Waals surface area contributed by atoms with Crippen molar-refractivity contribution >= 4 is 29.3 Å². The van der Waals surface area contributed by atoms with Gasteiger partial charge in [-0.3, -0.25) is 4.79 Å². The molecule has 0 spiro atoms. The van der Waals surface area contributed by atoms with Crippen molar-refractivity contribution in [2.24, 2.45) is 5.41 Å². The number of nitrogens with zero attached hydrogens (tertiary/aromatic N) is 2. The minimum absolute atomic E-state index is 0.0356. The maximum absolute atomic E-state index is 12.2. The summed E-state index contributed by atoms with van der Waals surface area (Å²) < 4.78 is 0. The van der Waals surface area contributed by atoms with Gasteiger partial charge in [0.2, 0.25) is 0 Å². The number of hydrogen-bond acceptors (Lipinski definition) is 5. The van der Waals surface area contributed by atoms with Gasteiger partial charge in [0.15, 0.2) is 10.9 Å². The van der Waals surface area contributed by atoms with E-state index in [2.05, 4.69) is 15.3 Å². The van der Waals surface area contributed by atoms with E-state index < -0.39 is 0 Å². The Morgan fingerprint density at radius 1 is 1.50 bits per heavy atom. The normalized spacial score (nSPS) is 11.4. The molecule has 0 aliphatic carbocycles. The first-order chi connectivity index (χ1) is 9.51. The Hall–Kier alpha value is -0.850. The first-order valence-corrected chi connectivity index (χ1v) is 8.07. The number of amides is 1. The number of carbonyl (C=O) groups excluding carboxylic acids is 1. The van der Waals surface area contributed by atoms with Crippen LogP contribution in [-0.2, 0) is 0 Å². The Morgan fingerprint density at radius 3 is 2.65 bits per heavy atom. The van der Waals surface area contributed by atoms with Gasteiger partial charge < -0.3 is 10.4 Å². The highest BCUT2D eigenvalue weighted by atomic mass is 35.5. The van der Waals surface area contributed by atoms with Gasteiger partial charge >= 0.3 is 0 Å². The van der Waals surface area contributed by atoms with Gasteiger partial charge in [-0.05, 0) is 19.1 Å². The van der Waals surface area contributed by atoms with Crippen LogP contribution in [0, 0.1) is 5.41 Å². The number of nitrogens with one attached hydrogen (secondary N) is 1. The summed E-state index contributed by atoms with van der Waals surface area (Å²) in [6.07, 6.45) is 4.83. The third-order valence-electron chi connectivity index (χ3n) is 3.58. The molecule has 0 saturated carbocycles. The number of aromatic nitrogens is 2. The molecule has 1 aromatic rings. The molecule has 20 heavy (non-hydrogen) atoms. The van der Waals surface area contributed by atoms with Crippen LogP contribution >= 0.6 is 23.4 Å². The molecule has 7 heteroatoms. The van der Waals surface area contributed by atoms with E-state index in [1.165, 1.54) is 18.0 Å². The third-order valence-corrected chi connectivity index (χ3v) is 4.42. The lowest BCUT2D eigenvalue weighted by molar-refractivity contribution is 0.0846. The Morgan fingerprint density at radius 2 is 2.15 bits per heavy atom. The zero-order valence-electron chi connectivity index (χ0n) is 11.9. The van der Waals surface area contributed by atoms with Crippen LogP contribution in [0.25, 0.3) is 0 Å². The quantitative estimate of drug-likeness (QED) is 0.596. The predicted molar refractivity (Wildman–Crippen MR) is 81.3 cm³/mol. The molecule has 1 heterocycles. The Balaban J connectivity index is 2.81. The van der Waals surface area contributed by atoms with Crippen LogP contribution < -0.4 is 5.32 Å². The van der Waals surface area contributed by atoms with E-state index >= 15 is 0 Å². The van der Waals surface area contributed by atoms with Crippen molar-refractivity contribution in [3.63, 3.8) is 0 Å². The minimum Gasteiger partial charge on any atom is -0.396 e. The fourth-order valence-corrected chi connectivity index (χ4v) is 2.26. The minimum atomic E-state index is -0.340. The molecular weight excluding hydrogens is 298 g/mol. The second-order valence-electron chi connectivity index (χ2n) is 4.60. The van der Waals surface area contributed by atoms with Gasteiger partial charge in [0, 0.05) is 12.0 Å². The van der Waals surface area contributed by atoms with Crippen molar-refractivity contribution in [2.75, 3.05) is 19.4 Å². The molecule has 1 rings (SSSR count). The molecule has 0 saturated heterocycles. The van der Waals surface area contributed by atoms with Crippen molar-refractivity contribution in [3.8, 4) is 0 Å². The summed E-state index contributed by atoms with van der Waals surface area (Å²) in [7, 11) is 0. The molecule has 112 valence electrons. The summed E-state index contributed by atoms with van der Waals surface area (Å²) in [6.45, 7) is 4.42. The first-order valence-electron chi connectivity index (χ1n) is 6.47. The van der Waals surface area contributed by atoms with Crippen LogP contribution in [0.4, 0.5) is 0 Å². The Labute approximate surface area is 128 Å². The fourth-order valence-electron chi connectivity index (χ4n) is 1.74. The van der Waals surface area contributed by atoms with Crippen LogP contribution in [0.1, 0.15) is 37.2 Å². The third kappa shape index (κ3) is 4.07. The zero-order valence-corrected chi connectivity index (χ0v) is 13.5. The van der Waals surface area contributed by atoms with Crippen LogP contribution in [0.5, 0.6) is 0 Å². The van der Waals surface area contributed by atoms with Crippen LogP contribution in [0.3, 0.4) is 0 Å². The molecule has 0 unspecified atom stereocenters. The number of carbonyl (C=O) groups is 1. The van der Waals surface area contributed by atoms with E-state index in [0.717, 1.165) is 12.8 Å². The molecule has 0 aliphatic rings. The average Bonchev–Trinajstić information content (AvgIpc) is 2.49. The number of aliphatic hydroxyl groups is 1. The van der Waals surface area contributed by atoms with E-state index in [1.807, 2.05) is 20.1 Å². The van der Waals surface area contributed by atoms with Gasteiger partial charge in [0.1, 0.15) is 0 Å². The lowest BCUT2D eigenvalue weighted by Crippen LogP contribution is -2.39. The van der Waals surface area contributed by atoms with Gasteiger partial charge in [-0.25, -0.2) is 9.97 Å². The van der Waals surface area contributed by atoms with E-state index in [1.54, 1.807) is 0 Å². The SMILES string of the molecule is CCC(CC)(CO)CNC(=O)c1nc(SC)ncc1Cl. The molecule has 5 nitrogen and oxygen atoms in total.